The standard InChI is InChI=1S/C11H22N2O/c1-4-5-9(12)10(14)13-11(2,3)8-6-7-8/h8-9H,4-7,12H2,1-3H3,(H,13,14)/t9-/m1/s1. The predicted molar refractivity (Wildman–Crippen MR) is 57.8 cm³/mol. The molecule has 14 heavy (non-hydrogen) atoms. The molecule has 0 spiro atoms. The van der Waals surface area contributed by atoms with Crippen LogP contribution in [0.15, 0.2) is 0 Å². The molecule has 0 saturated heterocycles. The molecular weight excluding hydrogens is 176 g/mol. The van der Waals surface area contributed by atoms with Crippen LogP contribution in [-0.4, -0.2) is 17.5 Å². The summed E-state index contributed by atoms with van der Waals surface area (Å²) in [6.07, 6.45) is 4.19. The van der Waals surface area contributed by atoms with E-state index < -0.39 is 0 Å². The fraction of sp³-hybridized carbons (Fsp3) is 0.909. The van der Waals surface area contributed by atoms with Crippen molar-refractivity contribution in [1.29, 1.82) is 0 Å². The zero-order chi connectivity index (χ0) is 10.8. The molecule has 0 unspecified atom stereocenters. The van der Waals surface area contributed by atoms with Crippen LogP contribution in [-0.2, 0) is 4.79 Å². The van der Waals surface area contributed by atoms with Crippen LogP contribution in [0.1, 0.15) is 46.5 Å². The third kappa shape index (κ3) is 2.98. The molecule has 0 aromatic heterocycles. The first-order valence-electron chi connectivity index (χ1n) is 5.55. The summed E-state index contributed by atoms with van der Waals surface area (Å²) in [5.41, 5.74) is 5.68. The number of rotatable bonds is 5. The molecule has 0 aromatic carbocycles. The Hall–Kier alpha value is -0.570. The van der Waals surface area contributed by atoms with Crippen molar-refractivity contribution >= 4 is 5.91 Å². The Morgan fingerprint density at radius 2 is 2.14 bits per heavy atom. The maximum Gasteiger partial charge on any atom is 0.237 e. The van der Waals surface area contributed by atoms with E-state index in [1.54, 1.807) is 0 Å². The van der Waals surface area contributed by atoms with Gasteiger partial charge in [0.25, 0.3) is 0 Å². The topological polar surface area (TPSA) is 55.1 Å². The SMILES string of the molecule is CCC[C@@H](N)C(=O)NC(C)(C)C1CC1. The first-order chi connectivity index (χ1) is 6.47. The Labute approximate surface area is 86.4 Å². The maximum atomic E-state index is 11.6. The maximum absolute atomic E-state index is 11.6. The van der Waals surface area contributed by atoms with Crippen LogP contribution in [0.2, 0.25) is 0 Å². The van der Waals surface area contributed by atoms with Crippen LogP contribution in [0.3, 0.4) is 0 Å². The molecule has 1 atom stereocenters. The monoisotopic (exact) mass is 198 g/mol. The molecule has 1 rings (SSSR count). The van der Waals surface area contributed by atoms with Gasteiger partial charge in [0.05, 0.1) is 6.04 Å². The molecule has 1 fully saturated rings. The van der Waals surface area contributed by atoms with Gasteiger partial charge in [-0.2, -0.15) is 0 Å². The second-order valence-electron chi connectivity index (χ2n) is 4.88. The lowest BCUT2D eigenvalue weighted by atomic mass is 9.98. The van der Waals surface area contributed by atoms with Gasteiger partial charge in [0.15, 0.2) is 0 Å². The summed E-state index contributed by atoms with van der Waals surface area (Å²) in [7, 11) is 0. The third-order valence-electron chi connectivity index (χ3n) is 2.98. The van der Waals surface area contributed by atoms with E-state index in [0.29, 0.717) is 5.92 Å². The first kappa shape index (κ1) is 11.5. The van der Waals surface area contributed by atoms with Gasteiger partial charge in [-0.1, -0.05) is 13.3 Å². The lowest BCUT2D eigenvalue weighted by molar-refractivity contribution is -0.124. The van der Waals surface area contributed by atoms with Gasteiger partial charge in [-0.3, -0.25) is 4.79 Å². The summed E-state index contributed by atoms with van der Waals surface area (Å²) >= 11 is 0. The van der Waals surface area contributed by atoms with Gasteiger partial charge in [0.1, 0.15) is 0 Å². The van der Waals surface area contributed by atoms with Gasteiger partial charge >= 0.3 is 0 Å². The van der Waals surface area contributed by atoms with Crippen LogP contribution >= 0.6 is 0 Å². The average molecular weight is 198 g/mol. The molecule has 82 valence electrons. The smallest absolute Gasteiger partial charge is 0.237 e. The highest BCUT2D eigenvalue weighted by atomic mass is 16.2. The lowest BCUT2D eigenvalue weighted by Crippen LogP contribution is -2.51. The summed E-state index contributed by atoms with van der Waals surface area (Å²) in [5, 5.41) is 3.04. The number of carbonyl (C=O) groups is 1. The minimum atomic E-state index is -0.335. The van der Waals surface area contributed by atoms with Gasteiger partial charge in [-0.25, -0.2) is 0 Å². The number of nitrogens with two attached hydrogens (primary N) is 1. The number of carbonyl (C=O) groups excluding carboxylic acids is 1. The van der Waals surface area contributed by atoms with Crippen molar-refractivity contribution in [2.24, 2.45) is 11.7 Å². The average Bonchev–Trinajstić information content (AvgIpc) is 2.85. The quantitative estimate of drug-likeness (QED) is 0.702. The largest absolute Gasteiger partial charge is 0.350 e. The van der Waals surface area contributed by atoms with Crippen molar-refractivity contribution in [2.45, 2.75) is 58.0 Å². The van der Waals surface area contributed by atoms with Gasteiger partial charge in [-0.15, -0.1) is 0 Å². The van der Waals surface area contributed by atoms with Gasteiger partial charge in [0.2, 0.25) is 5.91 Å². The normalized spacial score (nSPS) is 19.1. The Bertz CT molecular complexity index is 209. The van der Waals surface area contributed by atoms with Gasteiger partial charge < -0.3 is 11.1 Å². The zero-order valence-electron chi connectivity index (χ0n) is 9.47. The Morgan fingerprint density at radius 1 is 1.57 bits per heavy atom. The summed E-state index contributed by atoms with van der Waals surface area (Å²) in [5.74, 6) is 0.657. The summed E-state index contributed by atoms with van der Waals surface area (Å²) in [6, 6.07) is -0.335. The van der Waals surface area contributed by atoms with Crippen molar-refractivity contribution in [3.05, 3.63) is 0 Å². The van der Waals surface area contributed by atoms with Gasteiger partial charge in [-0.05, 0) is 39.0 Å². The lowest BCUT2D eigenvalue weighted by Gasteiger charge is -2.27. The Kier molecular flexibility index (Phi) is 3.53. The minimum Gasteiger partial charge on any atom is -0.350 e. The molecule has 3 nitrogen and oxygen atoms in total. The highest BCUT2D eigenvalue weighted by Gasteiger charge is 2.39. The fourth-order valence-corrected chi connectivity index (χ4v) is 1.76. The molecule has 0 aliphatic heterocycles. The molecule has 0 radical (unpaired) electrons. The molecule has 0 heterocycles. The molecule has 1 aliphatic rings. The minimum absolute atomic E-state index is 0.00347. The van der Waals surface area contributed by atoms with E-state index in [-0.39, 0.29) is 17.5 Å². The zero-order valence-corrected chi connectivity index (χ0v) is 9.47. The van der Waals surface area contributed by atoms with E-state index in [9.17, 15) is 4.79 Å². The van der Waals surface area contributed by atoms with Crippen LogP contribution in [0.4, 0.5) is 0 Å². The van der Waals surface area contributed by atoms with Crippen molar-refractivity contribution < 1.29 is 4.79 Å². The Balaban J connectivity index is 2.38. The molecule has 1 aliphatic carbocycles. The van der Waals surface area contributed by atoms with Crippen LogP contribution in [0.5, 0.6) is 0 Å². The van der Waals surface area contributed by atoms with E-state index in [1.807, 2.05) is 6.92 Å². The number of amides is 1. The number of hydrogen-bond acceptors (Lipinski definition) is 2. The van der Waals surface area contributed by atoms with Crippen LogP contribution in [0.25, 0.3) is 0 Å². The van der Waals surface area contributed by atoms with Crippen molar-refractivity contribution in [3.8, 4) is 0 Å². The van der Waals surface area contributed by atoms with E-state index >= 15 is 0 Å². The molecule has 3 N–H and O–H groups in total. The highest BCUT2D eigenvalue weighted by molar-refractivity contribution is 5.82. The second-order valence-corrected chi connectivity index (χ2v) is 4.88. The molecule has 1 saturated carbocycles. The van der Waals surface area contributed by atoms with Crippen LogP contribution < -0.4 is 11.1 Å². The van der Waals surface area contributed by atoms with Crippen molar-refractivity contribution in [3.63, 3.8) is 0 Å². The molecular formula is C11H22N2O. The predicted octanol–water partition coefficient (Wildman–Crippen LogP) is 1.42. The number of hydrogen-bond donors (Lipinski definition) is 2. The summed E-state index contributed by atoms with van der Waals surface area (Å²) < 4.78 is 0. The number of nitrogens with one attached hydrogen (secondary N) is 1. The molecule has 0 aromatic rings. The van der Waals surface area contributed by atoms with E-state index in [2.05, 4.69) is 19.2 Å². The van der Waals surface area contributed by atoms with E-state index in [4.69, 9.17) is 5.73 Å². The molecule has 3 heteroatoms. The van der Waals surface area contributed by atoms with E-state index in [1.165, 1.54) is 12.8 Å². The fourth-order valence-electron chi connectivity index (χ4n) is 1.76. The molecule has 0 bridgehead atoms. The highest BCUT2D eigenvalue weighted by Crippen LogP contribution is 2.39. The van der Waals surface area contributed by atoms with E-state index in [0.717, 1.165) is 12.8 Å². The summed E-state index contributed by atoms with van der Waals surface area (Å²) in [4.78, 5) is 11.6. The first-order valence-corrected chi connectivity index (χ1v) is 5.55. The molecule has 1 amide bonds. The Morgan fingerprint density at radius 3 is 2.57 bits per heavy atom. The van der Waals surface area contributed by atoms with Gasteiger partial charge in [0, 0.05) is 5.54 Å². The van der Waals surface area contributed by atoms with Crippen molar-refractivity contribution in [2.75, 3.05) is 0 Å². The van der Waals surface area contributed by atoms with Crippen LogP contribution in [0, 0.1) is 5.92 Å². The third-order valence-corrected chi connectivity index (χ3v) is 2.98. The van der Waals surface area contributed by atoms with Crippen molar-refractivity contribution in [1.82, 2.24) is 5.32 Å². The second kappa shape index (κ2) is 4.30. The summed E-state index contributed by atoms with van der Waals surface area (Å²) in [6.45, 7) is 6.21.